The molecule has 0 radical (unpaired) electrons. The van der Waals surface area contributed by atoms with E-state index < -0.39 is 41.9 Å². The molecule has 6 unspecified atom stereocenters. The summed E-state index contributed by atoms with van der Waals surface area (Å²) in [6, 6.07) is 7.98. The van der Waals surface area contributed by atoms with Crippen molar-refractivity contribution in [1.29, 1.82) is 0 Å². The van der Waals surface area contributed by atoms with Crippen molar-refractivity contribution in [3.63, 3.8) is 0 Å². The number of hydrogen-bond donors (Lipinski definition) is 2. The monoisotopic (exact) mass is 722 g/mol. The Labute approximate surface area is 303 Å². The Morgan fingerprint density at radius 1 is 0.941 bits per heavy atom. The van der Waals surface area contributed by atoms with Crippen LogP contribution in [0.25, 0.3) is 0 Å². The highest BCUT2D eigenvalue weighted by Gasteiger charge is 2.36. The second-order valence-corrected chi connectivity index (χ2v) is 14.0. The number of hydrogen-bond acceptors (Lipinski definition) is 11. The maximum absolute atomic E-state index is 14.0. The fraction of sp³-hybridized carbons (Fsp3) is 0.514. The molecule has 0 spiro atoms. The minimum absolute atomic E-state index is 0.0800. The Morgan fingerprint density at radius 3 is 2.22 bits per heavy atom. The van der Waals surface area contributed by atoms with Gasteiger partial charge in [-0.15, -0.1) is 11.3 Å². The number of rotatable bonds is 18. The van der Waals surface area contributed by atoms with Crippen LogP contribution < -0.4 is 10.6 Å². The number of esters is 2. The maximum atomic E-state index is 14.0. The average Bonchev–Trinajstić information content (AvgIpc) is 3.62. The highest BCUT2D eigenvalue weighted by molar-refractivity contribution is 7.09. The van der Waals surface area contributed by atoms with Gasteiger partial charge in [0.05, 0.1) is 19.2 Å². The number of ether oxygens (including phenoxy) is 2. The van der Waals surface area contributed by atoms with Crippen molar-refractivity contribution in [1.82, 2.24) is 30.5 Å². The first-order valence-corrected chi connectivity index (χ1v) is 18.0. The first kappa shape index (κ1) is 40.7. The minimum atomic E-state index is -0.854. The molecular weight excluding hydrogens is 673 g/mol. The molecular formula is C37H50N6O7S. The summed E-state index contributed by atoms with van der Waals surface area (Å²) in [7, 11) is 3.01. The van der Waals surface area contributed by atoms with E-state index in [4.69, 9.17) is 9.47 Å². The van der Waals surface area contributed by atoms with Crippen molar-refractivity contribution in [2.24, 2.45) is 17.8 Å². The van der Waals surface area contributed by atoms with Gasteiger partial charge in [0.2, 0.25) is 5.91 Å². The van der Waals surface area contributed by atoms with Gasteiger partial charge in [0.1, 0.15) is 22.4 Å². The van der Waals surface area contributed by atoms with Crippen LogP contribution in [0.5, 0.6) is 0 Å². The molecule has 0 bridgehead atoms. The van der Waals surface area contributed by atoms with Crippen molar-refractivity contribution in [3.8, 4) is 0 Å². The third-order valence-corrected chi connectivity index (χ3v) is 9.81. The van der Waals surface area contributed by atoms with Gasteiger partial charge in [0.25, 0.3) is 11.8 Å². The molecule has 13 nitrogen and oxygen atoms in total. The average molecular weight is 723 g/mol. The SMILES string of the molecule is CCC(C)C(NC(=O)c1cnccn1)C(=O)N(C)C(CC(OC(C)=O)c1nc(C(=O)NC(Cc2ccccc2)CC(C)C(=O)OC)cs1)C(C)C. The maximum Gasteiger partial charge on any atom is 0.308 e. The Balaban J connectivity index is 1.82. The van der Waals surface area contributed by atoms with Gasteiger partial charge in [-0.3, -0.25) is 29.0 Å². The zero-order valence-electron chi connectivity index (χ0n) is 30.6. The molecule has 3 aromatic rings. The van der Waals surface area contributed by atoms with Crippen LogP contribution in [0.4, 0.5) is 0 Å². The van der Waals surface area contributed by atoms with E-state index in [-0.39, 0.29) is 47.6 Å². The topological polar surface area (TPSA) is 170 Å². The molecule has 276 valence electrons. The summed E-state index contributed by atoms with van der Waals surface area (Å²) in [6.07, 6.45) is 5.04. The van der Waals surface area contributed by atoms with Crippen LogP contribution in [0.1, 0.15) is 98.5 Å². The fourth-order valence-corrected chi connectivity index (χ4v) is 6.65. The minimum Gasteiger partial charge on any atom is -0.469 e. The lowest BCUT2D eigenvalue weighted by Crippen LogP contribution is -2.54. The molecule has 2 aromatic heterocycles. The second kappa shape index (κ2) is 19.6. The van der Waals surface area contributed by atoms with E-state index in [1.807, 2.05) is 58.0 Å². The normalized spacial score (nSPS) is 14.7. The van der Waals surface area contributed by atoms with E-state index in [0.29, 0.717) is 24.3 Å². The number of amides is 3. The van der Waals surface area contributed by atoms with Gasteiger partial charge in [-0.2, -0.15) is 0 Å². The van der Waals surface area contributed by atoms with Crippen molar-refractivity contribution in [3.05, 3.63) is 76.3 Å². The van der Waals surface area contributed by atoms with Crippen LogP contribution >= 0.6 is 11.3 Å². The number of nitrogens with zero attached hydrogens (tertiary/aromatic N) is 4. The summed E-state index contributed by atoms with van der Waals surface area (Å²) >= 11 is 1.18. The van der Waals surface area contributed by atoms with E-state index in [0.717, 1.165) is 5.56 Å². The number of benzene rings is 1. The molecule has 0 aliphatic rings. The number of carbonyl (C=O) groups excluding carboxylic acids is 5. The lowest BCUT2D eigenvalue weighted by molar-refractivity contribution is -0.149. The Bertz CT molecular complexity index is 1600. The summed E-state index contributed by atoms with van der Waals surface area (Å²) in [4.78, 5) is 79.3. The number of carbonyl (C=O) groups is 5. The smallest absolute Gasteiger partial charge is 0.308 e. The summed E-state index contributed by atoms with van der Waals surface area (Å²) in [6.45, 7) is 10.8. The quantitative estimate of drug-likeness (QED) is 0.174. The van der Waals surface area contributed by atoms with Crippen LogP contribution in [0.3, 0.4) is 0 Å². The number of methoxy groups -OCH3 is 1. The molecule has 0 saturated heterocycles. The molecule has 0 aliphatic carbocycles. The number of aromatic nitrogens is 3. The standard InChI is InChI=1S/C37H50N6O7S/c1-9-23(4)32(42-33(45)28-20-38-15-16-39-28)36(47)43(7)30(22(2)3)19-31(50-25(6)44)35-41-29(21-51-35)34(46)40-27(17-24(5)37(48)49-8)18-26-13-11-10-12-14-26/h10-16,20-24,27,30-32H,9,17-19H2,1-8H3,(H,40,46)(H,42,45). The highest BCUT2D eigenvalue weighted by atomic mass is 32.1. The third-order valence-electron chi connectivity index (χ3n) is 8.87. The van der Waals surface area contributed by atoms with Crippen LogP contribution in [0.2, 0.25) is 0 Å². The molecule has 0 fully saturated rings. The first-order chi connectivity index (χ1) is 24.2. The van der Waals surface area contributed by atoms with Gasteiger partial charge in [-0.25, -0.2) is 9.97 Å². The molecule has 1 aromatic carbocycles. The van der Waals surface area contributed by atoms with Crippen molar-refractivity contribution in [2.45, 2.75) is 91.5 Å². The Kier molecular flexibility index (Phi) is 15.7. The zero-order chi connectivity index (χ0) is 37.7. The third kappa shape index (κ3) is 11.9. The lowest BCUT2D eigenvalue weighted by atomic mass is 9.93. The van der Waals surface area contributed by atoms with E-state index in [1.165, 1.54) is 44.0 Å². The predicted molar refractivity (Wildman–Crippen MR) is 193 cm³/mol. The number of likely N-dealkylation sites (N-methyl/N-ethyl adjacent to an activating group) is 1. The zero-order valence-corrected chi connectivity index (χ0v) is 31.4. The predicted octanol–water partition coefficient (Wildman–Crippen LogP) is 4.80. The molecule has 6 atom stereocenters. The summed E-state index contributed by atoms with van der Waals surface area (Å²) in [5.41, 5.74) is 1.24. The Morgan fingerprint density at radius 2 is 1.63 bits per heavy atom. The number of nitrogens with one attached hydrogen (secondary N) is 2. The molecule has 14 heteroatoms. The van der Waals surface area contributed by atoms with Crippen molar-refractivity contribution < 1.29 is 33.4 Å². The highest BCUT2D eigenvalue weighted by Crippen LogP contribution is 2.31. The fourth-order valence-electron chi connectivity index (χ4n) is 5.81. The van der Waals surface area contributed by atoms with Gasteiger partial charge in [0, 0.05) is 50.2 Å². The summed E-state index contributed by atoms with van der Waals surface area (Å²) < 4.78 is 10.7. The molecule has 51 heavy (non-hydrogen) atoms. The van der Waals surface area contributed by atoms with Gasteiger partial charge < -0.3 is 25.0 Å². The molecule has 2 N–H and O–H groups in total. The number of thiazole rings is 1. The van der Waals surface area contributed by atoms with Crippen LogP contribution in [0.15, 0.2) is 54.3 Å². The van der Waals surface area contributed by atoms with Crippen LogP contribution in [0, 0.1) is 17.8 Å². The first-order valence-electron chi connectivity index (χ1n) is 17.1. The van der Waals surface area contributed by atoms with E-state index in [2.05, 4.69) is 25.6 Å². The lowest BCUT2D eigenvalue weighted by Gasteiger charge is -2.36. The van der Waals surface area contributed by atoms with Crippen molar-refractivity contribution >= 4 is 41.0 Å². The van der Waals surface area contributed by atoms with Gasteiger partial charge in [-0.05, 0) is 30.2 Å². The molecule has 0 saturated carbocycles. The Hall–Kier alpha value is -4.72. The summed E-state index contributed by atoms with van der Waals surface area (Å²) in [5.74, 6) is -2.86. The second-order valence-electron chi connectivity index (χ2n) is 13.1. The van der Waals surface area contributed by atoms with E-state index >= 15 is 0 Å². The largest absolute Gasteiger partial charge is 0.469 e. The van der Waals surface area contributed by atoms with E-state index in [9.17, 15) is 24.0 Å². The van der Waals surface area contributed by atoms with Crippen LogP contribution in [-0.2, 0) is 30.3 Å². The summed E-state index contributed by atoms with van der Waals surface area (Å²) in [5, 5.41) is 7.88. The molecule has 0 aliphatic heterocycles. The van der Waals surface area contributed by atoms with Gasteiger partial charge in [0.15, 0.2) is 6.10 Å². The van der Waals surface area contributed by atoms with Gasteiger partial charge in [-0.1, -0.05) is 71.4 Å². The van der Waals surface area contributed by atoms with Crippen molar-refractivity contribution in [2.75, 3.05) is 14.2 Å². The molecule has 3 amide bonds. The van der Waals surface area contributed by atoms with Crippen LogP contribution in [-0.4, -0.2) is 81.8 Å². The molecule has 3 rings (SSSR count). The molecule has 2 heterocycles. The van der Waals surface area contributed by atoms with Gasteiger partial charge >= 0.3 is 11.9 Å². The van der Waals surface area contributed by atoms with E-state index in [1.54, 1.807) is 24.3 Å².